The Morgan fingerprint density at radius 1 is 0.762 bits per heavy atom. The van der Waals surface area contributed by atoms with E-state index >= 15 is 0 Å². The molecule has 4 aliphatic rings. The zero-order chi connectivity index (χ0) is 28.9. The van der Waals surface area contributed by atoms with Crippen molar-refractivity contribution in [1.82, 2.24) is 9.80 Å². The Morgan fingerprint density at radius 2 is 1.38 bits per heavy atom. The second kappa shape index (κ2) is 10.3. The zero-order valence-corrected chi connectivity index (χ0v) is 29.3. The topological polar surface area (TPSA) is 40.6 Å². The molecule has 0 bridgehead atoms. The molecule has 4 aromatic heterocycles. The van der Waals surface area contributed by atoms with Gasteiger partial charge in [-0.05, 0) is 56.5 Å². The molecular formula is C30H24N2O2S8. The Kier molecular flexibility index (Phi) is 6.92. The second-order valence-electron chi connectivity index (χ2n) is 10.8. The van der Waals surface area contributed by atoms with Gasteiger partial charge in [-0.1, -0.05) is 67.2 Å². The first-order chi connectivity index (χ1) is 20.3. The Morgan fingerprint density at radius 3 is 1.98 bits per heavy atom. The molecule has 0 unspecified atom stereocenters. The summed E-state index contributed by atoms with van der Waals surface area (Å²) in [5.74, 6) is 0.0419. The summed E-state index contributed by atoms with van der Waals surface area (Å²) in [6.45, 7) is 5.14. The third-order valence-corrected chi connectivity index (χ3v) is 16.4. The van der Waals surface area contributed by atoms with Crippen molar-refractivity contribution in [2.24, 2.45) is 0 Å². The minimum absolute atomic E-state index is 0.0154. The van der Waals surface area contributed by atoms with E-state index in [9.17, 15) is 9.59 Å². The van der Waals surface area contributed by atoms with Crippen molar-refractivity contribution in [3.63, 3.8) is 0 Å². The molecule has 4 aromatic rings. The van der Waals surface area contributed by atoms with Gasteiger partial charge in [0, 0.05) is 43.4 Å². The van der Waals surface area contributed by atoms with Gasteiger partial charge >= 0.3 is 0 Å². The van der Waals surface area contributed by atoms with Crippen LogP contribution in [0.25, 0.3) is 40.7 Å². The Bertz CT molecular complexity index is 1940. The SMILES string of the molecule is CCN1C(=O)/C(=C/c2cc3c(s2)-c2sc4c(sc5cc(/C=C6\SC(=S)N(CC)C6=O)sc54)c2C32CCCCC2)SC1=S. The average Bonchev–Trinajstić information content (AvgIpc) is 3.80. The third-order valence-electron chi connectivity index (χ3n) is 8.58. The van der Waals surface area contributed by atoms with E-state index in [1.54, 1.807) is 26.7 Å². The summed E-state index contributed by atoms with van der Waals surface area (Å²) >= 11 is 21.2. The Balaban J connectivity index is 1.23. The maximum absolute atomic E-state index is 12.9. The van der Waals surface area contributed by atoms with Crippen LogP contribution in [-0.2, 0) is 15.0 Å². The summed E-state index contributed by atoms with van der Waals surface area (Å²) in [5.41, 5.74) is 3.10. The molecule has 4 nitrogen and oxygen atoms in total. The summed E-state index contributed by atoms with van der Waals surface area (Å²) in [6, 6.07) is 4.63. The third kappa shape index (κ3) is 4.02. The molecular weight excluding hydrogens is 677 g/mol. The first kappa shape index (κ1) is 28.1. The molecule has 6 heterocycles. The van der Waals surface area contributed by atoms with E-state index in [2.05, 4.69) is 18.2 Å². The Labute approximate surface area is 278 Å². The first-order valence-corrected chi connectivity index (χ1v) is 19.7. The van der Waals surface area contributed by atoms with Gasteiger partial charge in [0.1, 0.15) is 8.64 Å². The molecule has 2 aliphatic heterocycles. The molecule has 2 amide bonds. The molecule has 0 aromatic carbocycles. The molecule has 42 heavy (non-hydrogen) atoms. The number of hydrogen-bond acceptors (Lipinski definition) is 10. The fraction of sp³-hybridized carbons (Fsp3) is 0.333. The van der Waals surface area contributed by atoms with E-state index in [1.165, 1.54) is 89.7 Å². The predicted octanol–water partition coefficient (Wildman–Crippen LogP) is 9.91. The van der Waals surface area contributed by atoms with Crippen molar-refractivity contribution >= 4 is 145 Å². The summed E-state index contributed by atoms with van der Waals surface area (Å²) in [6.07, 6.45) is 10.2. The number of carbonyl (C=O) groups is 2. The zero-order valence-electron chi connectivity index (χ0n) is 22.7. The fourth-order valence-corrected chi connectivity index (χ4v) is 15.3. The van der Waals surface area contributed by atoms with Gasteiger partial charge in [-0.25, -0.2) is 0 Å². The molecule has 8 rings (SSSR count). The number of fused-ring (bicyclic) bond motifs is 9. The summed E-state index contributed by atoms with van der Waals surface area (Å²) in [4.78, 5) is 35.6. The minimum Gasteiger partial charge on any atom is -0.293 e. The van der Waals surface area contributed by atoms with Crippen molar-refractivity contribution in [1.29, 1.82) is 0 Å². The summed E-state index contributed by atoms with van der Waals surface area (Å²) in [5, 5.41) is 0. The molecule has 2 aliphatic carbocycles. The van der Waals surface area contributed by atoms with Crippen LogP contribution in [0.3, 0.4) is 0 Å². The number of carbonyl (C=O) groups excluding carboxylic acids is 2. The number of thiophene rings is 4. The smallest absolute Gasteiger partial charge is 0.266 e. The van der Waals surface area contributed by atoms with Gasteiger partial charge in [-0.3, -0.25) is 19.4 Å². The maximum atomic E-state index is 12.9. The van der Waals surface area contributed by atoms with Crippen LogP contribution in [0, 0.1) is 0 Å². The van der Waals surface area contributed by atoms with Crippen LogP contribution in [0.15, 0.2) is 21.9 Å². The molecule has 0 N–H and O–H groups in total. The maximum Gasteiger partial charge on any atom is 0.266 e. The highest BCUT2D eigenvalue weighted by atomic mass is 32.2. The van der Waals surface area contributed by atoms with Gasteiger partial charge in [0.05, 0.1) is 28.8 Å². The van der Waals surface area contributed by atoms with Gasteiger partial charge < -0.3 is 0 Å². The highest BCUT2D eigenvalue weighted by Gasteiger charge is 2.48. The van der Waals surface area contributed by atoms with Crippen molar-refractivity contribution < 1.29 is 9.59 Å². The molecule has 0 atom stereocenters. The van der Waals surface area contributed by atoms with Crippen molar-refractivity contribution in [2.75, 3.05) is 13.1 Å². The fourth-order valence-electron chi connectivity index (χ4n) is 6.68. The molecule has 0 radical (unpaired) electrons. The van der Waals surface area contributed by atoms with Crippen LogP contribution < -0.4 is 0 Å². The number of thioether (sulfide) groups is 2. The number of nitrogens with zero attached hydrogens (tertiary/aromatic N) is 2. The van der Waals surface area contributed by atoms with Crippen molar-refractivity contribution in [3.05, 3.63) is 42.8 Å². The van der Waals surface area contributed by atoms with Gasteiger partial charge in [-0.15, -0.1) is 45.3 Å². The molecule has 1 saturated carbocycles. The van der Waals surface area contributed by atoms with E-state index in [4.69, 9.17) is 24.4 Å². The van der Waals surface area contributed by atoms with E-state index < -0.39 is 0 Å². The second-order valence-corrected chi connectivity index (χ2v) is 18.4. The van der Waals surface area contributed by atoms with Crippen LogP contribution in [0.1, 0.15) is 66.8 Å². The molecule has 12 heteroatoms. The number of thiocarbonyl (C=S) groups is 2. The quantitative estimate of drug-likeness (QED) is 0.156. The van der Waals surface area contributed by atoms with Crippen LogP contribution in [0.4, 0.5) is 0 Å². The predicted molar refractivity (Wildman–Crippen MR) is 193 cm³/mol. The monoisotopic (exact) mass is 700 g/mol. The van der Waals surface area contributed by atoms with Crippen molar-refractivity contribution in [3.8, 4) is 9.75 Å². The lowest BCUT2D eigenvalue weighted by Gasteiger charge is -2.35. The van der Waals surface area contributed by atoms with E-state index in [1.807, 2.05) is 53.9 Å². The van der Waals surface area contributed by atoms with Crippen molar-refractivity contribution in [2.45, 2.75) is 51.4 Å². The highest BCUT2D eigenvalue weighted by molar-refractivity contribution is 8.27. The molecule has 3 fully saturated rings. The van der Waals surface area contributed by atoms with Gasteiger partial charge in [0.15, 0.2) is 0 Å². The lowest BCUT2D eigenvalue weighted by Crippen LogP contribution is -2.27. The van der Waals surface area contributed by atoms with Gasteiger partial charge in [0.2, 0.25) is 0 Å². The van der Waals surface area contributed by atoms with Crippen LogP contribution >= 0.6 is 93.3 Å². The Hall–Kier alpha value is -1.38. The van der Waals surface area contributed by atoms with Gasteiger partial charge in [-0.2, -0.15) is 0 Å². The number of likely N-dealkylation sites (N-methyl/N-ethyl adjacent to an activating group) is 2. The largest absolute Gasteiger partial charge is 0.293 e. The highest BCUT2D eigenvalue weighted by Crippen LogP contribution is 2.65. The minimum atomic E-state index is 0.0154. The lowest BCUT2D eigenvalue weighted by molar-refractivity contribution is -0.122. The van der Waals surface area contributed by atoms with E-state index in [0.717, 1.165) is 14.7 Å². The van der Waals surface area contributed by atoms with Crippen LogP contribution in [-0.4, -0.2) is 43.3 Å². The number of amides is 2. The van der Waals surface area contributed by atoms with E-state index in [-0.39, 0.29) is 17.2 Å². The number of hydrogen-bond donors (Lipinski definition) is 0. The standard InChI is InChI=1S/C30H24N2O2S8/c1-3-31-26(33)18(40-28(31)35)12-14-10-16-21(37-14)23-20(30(16)8-6-5-7-9-30)24-25(42-23)22-17(39-24)11-15(38-22)13-19-27(34)32(4-2)29(36)41-19/h10-13H,3-9H2,1-2H3/b18-12-,19-13-. The normalized spacial score (nSPS) is 22.0. The summed E-state index contributed by atoms with van der Waals surface area (Å²) in [7, 11) is 0. The molecule has 1 spiro atoms. The van der Waals surface area contributed by atoms with Gasteiger partial charge in [0.25, 0.3) is 11.8 Å². The van der Waals surface area contributed by atoms with Crippen LogP contribution in [0.2, 0.25) is 0 Å². The average molecular weight is 701 g/mol. The summed E-state index contributed by atoms with van der Waals surface area (Å²) < 4.78 is 6.78. The van der Waals surface area contributed by atoms with Crippen LogP contribution in [0.5, 0.6) is 0 Å². The lowest BCUT2D eigenvalue weighted by atomic mass is 9.68. The molecule has 2 saturated heterocycles. The first-order valence-electron chi connectivity index (χ1n) is 14.0. The number of rotatable bonds is 4. The van der Waals surface area contributed by atoms with E-state index in [0.29, 0.717) is 26.6 Å². The molecule has 214 valence electrons.